The molecule has 0 unspecified atom stereocenters. The van der Waals surface area contributed by atoms with Crippen molar-refractivity contribution in [2.75, 3.05) is 5.73 Å². The molecule has 3 heteroatoms. The molecule has 1 rings (SSSR count). The van der Waals surface area contributed by atoms with Gasteiger partial charge in [0.15, 0.2) is 0 Å². The molecule has 0 saturated heterocycles. The molecule has 214 valence electrons. The Morgan fingerprint density at radius 1 is 0.514 bits per heavy atom. The predicted octanol–water partition coefficient (Wildman–Crippen LogP) is 12.1. The van der Waals surface area contributed by atoms with E-state index >= 15 is 0 Å². The number of hydrogen-bond acceptors (Lipinski definition) is 3. The largest absolute Gasteiger partial charge is 0.389 e. The van der Waals surface area contributed by atoms with Crippen molar-refractivity contribution < 1.29 is 0 Å². The summed E-state index contributed by atoms with van der Waals surface area (Å²) in [5.74, 6) is 0. The van der Waals surface area contributed by atoms with Crippen LogP contribution >= 0.6 is 11.3 Å². The van der Waals surface area contributed by atoms with E-state index in [9.17, 15) is 5.26 Å². The van der Waals surface area contributed by atoms with Crippen molar-refractivity contribution in [2.45, 2.75) is 187 Å². The fraction of sp³-hybridized carbons (Fsp3) is 0.853. The van der Waals surface area contributed by atoms with E-state index in [-0.39, 0.29) is 0 Å². The van der Waals surface area contributed by atoms with Crippen LogP contribution in [-0.4, -0.2) is 0 Å². The van der Waals surface area contributed by atoms with E-state index in [1.807, 2.05) is 0 Å². The maximum atomic E-state index is 9.67. The zero-order chi connectivity index (χ0) is 26.8. The summed E-state index contributed by atoms with van der Waals surface area (Å²) >= 11 is 1.69. The smallest absolute Gasteiger partial charge is 0.104 e. The van der Waals surface area contributed by atoms with Gasteiger partial charge in [0, 0.05) is 4.88 Å². The van der Waals surface area contributed by atoms with Gasteiger partial charge < -0.3 is 5.73 Å². The van der Waals surface area contributed by atoms with E-state index in [4.69, 9.17) is 5.73 Å². The van der Waals surface area contributed by atoms with Crippen LogP contribution in [0.25, 0.3) is 0 Å². The molecule has 0 amide bonds. The zero-order valence-corrected chi connectivity index (χ0v) is 25.8. The van der Waals surface area contributed by atoms with Crippen LogP contribution in [-0.2, 0) is 12.8 Å². The second kappa shape index (κ2) is 25.3. The fourth-order valence-corrected chi connectivity index (χ4v) is 6.68. The third-order valence-electron chi connectivity index (χ3n) is 8.02. The van der Waals surface area contributed by atoms with Crippen molar-refractivity contribution in [1.82, 2.24) is 0 Å². The number of nitriles is 1. The fourth-order valence-electron chi connectivity index (χ4n) is 5.57. The van der Waals surface area contributed by atoms with Gasteiger partial charge in [0.05, 0.1) is 5.56 Å². The Morgan fingerprint density at radius 2 is 0.838 bits per heavy atom. The van der Waals surface area contributed by atoms with Gasteiger partial charge in [-0.3, -0.25) is 0 Å². The van der Waals surface area contributed by atoms with Crippen LogP contribution in [0.5, 0.6) is 0 Å². The number of aryl methyl sites for hydroxylation is 1. The summed E-state index contributed by atoms with van der Waals surface area (Å²) < 4.78 is 0. The van der Waals surface area contributed by atoms with Crippen molar-refractivity contribution in [2.24, 2.45) is 0 Å². The molecule has 0 spiro atoms. The Hall–Kier alpha value is -1.01. The van der Waals surface area contributed by atoms with Crippen LogP contribution in [0.2, 0.25) is 0 Å². The number of nitrogen functional groups attached to an aromatic ring is 1. The lowest BCUT2D eigenvalue weighted by Gasteiger charge is -2.06. The Morgan fingerprint density at radius 3 is 1.19 bits per heavy atom. The predicted molar refractivity (Wildman–Crippen MR) is 168 cm³/mol. The van der Waals surface area contributed by atoms with Crippen LogP contribution in [0.3, 0.4) is 0 Å². The average molecular weight is 531 g/mol. The number of rotatable bonds is 27. The SMILES string of the molecule is CCCCCCCCCCCCCCCc1c(CCCCCCCCCCCCCC)sc(N)c1C#N. The van der Waals surface area contributed by atoms with Crippen molar-refractivity contribution in [3.63, 3.8) is 0 Å². The molecule has 0 aliphatic carbocycles. The topological polar surface area (TPSA) is 49.8 Å². The molecule has 2 nitrogen and oxygen atoms in total. The van der Waals surface area contributed by atoms with E-state index in [1.165, 1.54) is 171 Å². The summed E-state index contributed by atoms with van der Waals surface area (Å²) in [6.07, 6.45) is 36.7. The lowest BCUT2D eigenvalue weighted by atomic mass is 9.99. The van der Waals surface area contributed by atoms with Crippen LogP contribution in [0.4, 0.5) is 5.00 Å². The van der Waals surface area contributed by atoms with Gasteiger partial charge in [-0.1, -0.05) is 162 Å². The van der Waals surface area contributed by atoms with Gasteiger partial charge in [0.2, 0.25) is 0 Å². The number of nitrogens with zero attached hydrogens (tertiary/aromatic N) is 1. The lowest BCUT2D eigenvalue weighted by molar-refractivity contribution is 0.539. The molecule has 0 fully saturated rings. The molecule has 1 aromatic rings. The summed E-state index contributed by atoms with van der Waals surface area (Å²) in [4.78, 5) is 1.40. The van der Waals surface area contributed by atoms with E-state index < -0.39 is 0 Å². The summed E-state index contributed by atoms with van der Waals surface area (Å²) in [6.45, 7) is 4.58. The first-order valence-electron chi connectivity index (χ1n) is 16.5. The minimum atomic E-state index is 0.751. The molecular formula is C34H62N2S. The molecule has 1 heterocycles. The van der Waals surface area contributed by atoms with Gasteiger partial charge in [-0.2, -0.15) is 5.26 Å². The number of nitrogens with two attached hydrogens (primary N) is 1. The van der Waals surface area contributed by atoms with Crippen molar-refractivity contribution in [3.05, 3.63) is 16.0 Å². The minimum absolute atomic E-state index is 0.751. The average Bonchev–Trinajstić information content (AvgIpc) is 3.21. The molecule has 2 N–H and O–H groups in total. The molecule has 0 aromatic carbocycles. The van der Waals surface area contributed by atoms with Gasteiger partial charge in [0.1, 0.15) is 11.1 Å². The Balaban J connectivity index is 2.11. The molecule has 0 aliphatic heterocycles. The van der Waals surface area contributed by atoms with Crippen molar-refractivity contribution in [1.29, 1.82) is 5.26 Å². The standard InChI is InChI=1S/C34H62N2S/c1-3-5-7-9-11-13-15-17-18-20-22-24-26-28-31-32(30-35)34(36)37-33(31)29-27-25-23-21-19-16-14-12-10-8-6-4-2/h3-29,36H2,1-2H3. The lowest BCUT2D eigenvalue weighted by Crippen LogP contribution is -1.95. The Kier molecular flexibility index (Phi) is 23.2. The van der Waals surface area contributed by atoms with Crippen molar-refractivity contribution >= 4 is 16.3 Å². The molecule has 0 saturated carbocycles. The van der Waals surface area contributed by atoms with Crippen LogP contribution < -0.4 is 5.73 Å². The molecule has 1 aromatic heterocycles. The minimum Gasteiger partial charge on any atom is -0.389 e. The normalized spacial score (nSPS) is 11.3. The van der Waals surface area contributed by atoms with Crippen LogP contribution in [0.1, 0.15) is 190 Å². The van der Waals surface area contributed by atoms with Gasteiger partial charge in [0.25, 0.3) is 0 Å². The summed E-state index contributed by atoms with van der Waals surface area (Å²) in [5, 5.41) is 10.4. The Labute approximate surface area is 236 Å². The highest BCUT2D eigenvalue weighted by atomic mass is 32.1. The van der Waals surface area contributed by atoms with Gasteiger partial charge in [-0.05, 0) is 31.2 Å². The first-order valence-corrected chi connectivity index (χ1v) is 17.4. The molecule has 37 heavy (non-hydrogen) atoms. The first kappa shape index (κ1) is 34.0. The number of unbranched alkanes of at least 4 members (excludes halogenated alkanes) is 23. The summed E-state index contributed by atoms with van der Waals surface area (Å²) in [6, 6.07) is 2.41. The second-order valence-corrected chi connectivity index (χ2v) is 12.6. The van der Waals surface area contributed by atoms with E-state index in [0.717, 1.165) is 23.4 Å². The van der Waals surface area contributed by atoms with Crippen molar-refractivity contribution in [3.8, 4) is 6.07 Å². The highest BCUT2D eigenvalue weighted by Crippen LogP contribution is 2.33. The highest BCUT2D eigenvalue weighted by Gasteiger charge is 2.15. The number of thiophene rings is 1. The molecular weight excluding hydrogens is 468 g/mol. The maximum absolute atomic E-state index is 9.67. The summed E-state index contributed by atoms with van der Waals surface area (Å²) in [5.41, 5.74) is 8.31. The summed E-state index contributed by atoms with van der Waals surface area (Å²) in [7, 11) is 0. The van der Waals surface area contributed by atoms with E-state index in [0.29, 0.717) is 0 Å². The number of hydrogen-bond donors (Lipinski definition) is 1. The molecule has 0 atom stereocenters. The quantitative estimate of drug-likeness (QED) is 0.115. The third kappa shape index (κ3) is 18.0. The first-order chi connectivity index (χ1) is 18.2. The van der Waals surface area contributed by atoms with Gasteiger partial charge in [-0.25, -0.2) is 0 Å². The molecule has 0 aliphatic rings. The number of anilines is 1. The second-order valence-electron chi connectivity index (χ2n) is 11.5. The molecule has 0 bridgehead atoms. The van der Waals surface area contributed by atoms with Crippen LogP contribution in [0.15, 0.2) is 0 Å². The van der Waals surface area contributed by atoms with Crippen LogP contribution in [0, 0.1) is 11.3 Å². The highest BCUT2D eigenvalue weighted by molar-refractivity contribution is 7.16. The van der Waals surface area contributed by atoms with Gasteiger partial charge in [-0.15, -0.1) is 11.3 Å². The van der Waals surface area contributed by atoms with Gasteiger partial charge >= 0.3 is 0 Å². The molecule has 0 radical (unpaired) electrons. The van der Waals surface area contributed by atoms with E-state index in [1.54, 1.807) is 11.3 Å². The monoisotopic (exact) mass is 530 g/mol. The van der Waals surface area contributed by atoms with E-state index in [2.05, 4.69) is 19.9 Å². The Bertz CT molecular complexity index is 672. The third-order valence-corrected chi connectivity index (χ3v) is 9.14. The zero-order valence-electron chi connectivity index (χ0n) is 25.0. The maximum Gasteiger partial charge on any atom is 0.104 e.